The van der Waals surface area contributed by atoms with E-state index in [1.54, 1.807) is 24.4 Å². The lowest BCUT2D eigenvalue weighted by Gasteiger charge is -2.39. The van der Waals surface area contributed by atoms with Gasteiger partial charge >= 0.3 is 0 Å². The van der Waals surface area contributed by atoms with Crippen molar-refractivity contribution in [1.29, 1.82) is 5.26 Å². The minimum absolute atomic E-state index is 0.0449. The van der Waals surface area contributed by atoms with Gasteiger partial charge in [0.2, 0.25) is 5.91 Å². The van der Waals surface area contributed by atoms with E-state index in [1.165, 1.54) is 0 Å². The third-order valence-electron chi connectivity index (χ3n) is 11.5. The molecule has 5 aromatic rings. The normalized spacial score (nSPS) is 23.9. The first-order valence-corrected chi connectivity index (χ1v) is 18.6. The van der Waals surface area contributed by atoms with Crippen LogP contribution in [0.3, 0.4) is 0 Å². The standard InChI is InChI=1S/C40H37Cl2FN6O2/c1-20-27-17-32(31-16-25(19-48(31)40(50)22-10-11-22)51-33-9-5-13-45-21(33)2)49(38-24-15-30(38)46-18-24)39(27)28-14-23(6-4-12-44)34(36(43)37(28)47-20)26-7-3-8-29(41)35(26)42/h3,5,7-9,13-14,17,22,24-25,30-31,38,46H,4,6,10-11,15-16,18-19H2,1-2H3/t24-,25+,30-,31-,38+/m1/s1. The van der Waals surface area contributed by atoms with Crippen LogP contribution in [0.1, 0.15) is 66.8 Å². The molecule has 2 aromatic carbocycles. The Hall–Kier alpha value is -4.23. The van der Waals surface area contributed by atoms with E-state index in [2.05, 4.69) is 27.0 Å². The number of fused-ring (bicyclic) bond motifs is 4. The van der Waals surface area contributed by atoms with E-state index >= 15 is 4.39 Å². The molecule has 6 heterocycles. The molecule has 0 spiro atoms. The molecule has 5 aliphatic rings. The van der Waals surface area contributed by atoms with E-state index in [0.29, 0.717) is 58.1 Å². The zero-order valence-electron chi connectivity index (χ0n) is 28.4. The lowest BCUT2D eigenvalue weighted by atomic mass is 9.79. The van der Waals surface area contributed by atoms with Gasteiger partial charge in [0.05, 0.1) is 46.0 Å². The fourth-order valence-electron chi connectivity index (χ4n) is 8.84. The number of carbonyl (C=O) groups excluding carboxylic acids is 1. The molecule has 11 heteroatoms. The maximum absolute atomic E-state index is 17.2. The number of benzene rings is 2. The highest BCUT2D eigenvalue weighted by Gasteiger charge is 2.51. The summed E-state index contributed by atoms with van der Waals surface area (Å²) in [7, 11) is 0. The highest BCUT2D eigenvalue weighted by molar-refractivity contribution is 6.43. The smallest absolute Gasteiger partial charge is 0.226 e. The van der Waals surface area contributed by atoms with Crippen LogP contribution >= 0.6 is 23.2 Å². The van der Waals surface area contributed by atoms with Crippen LogP contribution in [0.2, 0.25) is 10.0 Å². The van der Waals surface area contributed by atoms with Crippen molar-refractivity contribution in [3.63, 3.8) is 0 Å². The largest absolute Gasteiger partial charge is 0.487 e. The monoisotopic (exact) mass is 722 g/mol. The van der Waals surface area contributed by atoms with Crippen LogP contribution in [0.4, 0.5) is 4.39 Å². The molecule has 1 N–H and O–H groups in total. The van der Waals surface area contributed by atoms with Gasteiger partial charge in [-0.1, -0.05) is 35.3 Å². The SMILES string of the molecule is Cc1ncccc1O[C@H]1C[C@H](c2cc3c(C)nc4c(F)c(-c5cccc(Cl)c5Cl)c(CCC#N)cc4c3n2[C@H]2[C@H]3CN[C@@H]2C3)N(C(=O)C2CC2)C1. The summed E-state index contributed by atoms with van der Waals surface area (Å²) in [5, 5.41) is 15.5. The van der Waals surface area contributed by atoms with Gasteiger partial charge in [0, 0.05) is 70.8 Å². The first-order valence-electron chi connectivity index (χ1n) is 17.8. The average Bonchev–Trinajstić information content (AvgIpc) is 3.40. The Balaban J connectivity index is 1.26. The maximum Gasteiger partial charge on any atom is 0.226 e. The number of nitrogens with zero attached hydrogens (tertiary/aromatic N) is 5. The number of hydrogen-bond donors (Lipinski definition) is 1. The van der Waals surface area contributed by atoms with Crippen LogP contribution < -0.4 is 10.1 Å². The molecular formula is C40H37Cl2FN6O2. The van der Waals surface area contributed by atoms with Crippen molar-refractivity contribution < 1.29 is 13.9 Å². The lowest BCUT2D eigenvalue weighted by molar-refractivity contribution is -0.133. The number of aromatic nitrogens is 3. The molecule has 5 fully saturated rings. The molecule has 3 aliphatic heterocycles. The number of halogens is 3. The predicted molar refractivity (Wildman–Crippen MR) is 195 cm³/mol. The van der Waals surface area contributed by atoms with Crippen LogP contribution in [0.25, 0.3) is 32.9 Å². The van der Waals surface area contributed by atoms with E-state index in [0.717, 1.165) is 53.8 Å². The van der Waals surface area contributed by atoms with Gasteiger partial charge in [-0.15, -0.1) is 0 Å². The average molecular weight is 724 g/mol. The first-order chi connectivity index (χ1) is 24.7. The molecule has 2 saturated carbocycles. The first kappa shape index (κ1) is 32.7. The van der Waals surface area contributed by atoms with Crippen molar-refractivity contribution in [2.75, 3.05) is 13.1 Å². The molecule has 10 rings (SSSR count). The summed E-state index contributed by atoms with van der Waals surface area (Å²) < 4.78 is 26.2. The van der Waals surface area contributed by atoms with E-state index in [-0.39, 0.29) is 53.0 Å². The van der Waals surface area contributed by atoms with Crippen molar-refractivity contribution in [3.05, 3.63) is 87.2 Å². The zero-order chi connectivity index (χ0) is 35.1. The van der Waals surface area contributed by atoms with E-state index < -0.39 is 5.82 Å². The van der Waals surface area contributed by atoms with Crippen molar-refractivity contribution in [2.45, 2.75) is 76.6 Å². The van der Waals surface area contributed by atoms with Crippen LogP contribution in [-0.2, 0) is 11.2 Å². The van der Waals surface area contributed by atoms with Gasteiger partial charge < -0.3 is 19.5 Å². The topological polar surface area (TPSA) is 96.1 Å². The number of aryl methyl sites for hydroxylation is 3. The summed E-state index contributed by atoms with van der Waals surface area (Å²) in [4.78, 5) is 25.4. The predicted octanol–water partition coefficient (Wildman–Crippen LogP) is 8.43. The third kappa shape index (κ3) is 5.29. The number of rotatable bonds is 8. The summed E-state index contributed by atoms with van der Waals surface area (Å²) in [5.74, 6) is 0.882. The molecular weight excluding hydrogens is 686 g/mol. The fourth-order valence-corrected chi connectivity index (χ4v) is 9.24. The van der Waals surface area contributed by atoms with Gasteiger partial charge in [0.25, 0.3) is 0 Å². The summed E-state index contributed by atoms with van der Waals surface area (Å²) in [6.07, 6.45) is 5.61. The fraction of sp³-hybridized carbons (Fsp3) is 0.400. The molecule has 5 atom stereocenters. The second-order valence-corrected chi connectivity index (χ2v) is 15.4. The quantitative estimate of drug-likeness (QED) is 0.173. The molecule has 51 heavy (non-hydrogen) atoms. The number of hydrogen-bond acceptors (Lipinski definition) is 6. The van der Waals surface area contributed by atoms with E-state index in [4.69, 9.17) is 32.9 Å². The Labute approximate surface area is 305 Å². The Morgan fingerprint density at radius 3 is 2.69 bits per heavy atom. The molecule has 2 bridgehead atoms. The van der Waals surface area contributed by atoms with E-state index in [9.17, 15) is 10.1 Å². The van der Waals surface area contributed by atoms with Gasteiger partial charge in [-0.05, 0) is 81.3 Å². The Bertz CT molecular complexity index is 2280. The number of amides is 1. The molecule has 2 aliphatic carbocycles. The number of nitrogens with one attached hydrogen (secondary N) is 1. The Kier molecular flexibility index (Phi) is 7.99. The van der Waals surface area contributed by atoms with Crippen LogP contribution in [0.15, 0.2) is 48.7 Å². The third-order valence-corrected chi connectivity index (χ3v) is 12.3. The zero-order valence-corrected chi connectivity index (χ0v) is 29.9. The summed E-state index contributed by atoms with van der Waals surface area (Å²) in [5.41, 5.74) is 5.20. The van der Waals surface area contributed by atoms with Gasteiger partial charge in [-0.2, -0.15) is 5.26 Å². The second kappa shape index (κ2) is 12.5. The number of ether oxygens (including phenoxy) is 1. The van der Waals surface area contributed by atoms with Gasteiger partial charge in [-0.25, -0.2) is 9.37 Å². The lowest BCUT2D eigenvalue weighted by Crippen LogP contribution is -2.41. The Morgan fingerprint density at radius 2 is 1.96 bits per heavy atom. The van der Waals surface area contributed by atoms with Crippen molar-refractivity contribution in [3.8, 4) is 22.9 Å². The van der Waals surface area contributed by atoms with Gasteiger partial charge in [-0.3, -0.25) is 9.78 Å². The van der Waals surface area contributed by atoms with Crippen LogP contribution in [0, 0.1) is 42.8 Å². The Morgan fingerprint density at radius 1 is 1.12 bits per heavy atom. The summed E-state index contributed by atoms with van der Waals surface area (Å²) in [6, 6.07) is 15.6. The van der Waals surface area contributed by atoms with Gasteiger partial charge in [0.15, 0.2) is 5.82 Å². The highest BCUT2D eigenvalue weighted by Crippen LogP contribution is 2.51. The number of carbonyl (C=O) groups is 1. The summed E-state index contributed by atoms with van der Waals surface area (Å²) in [6.45, 7) is 5.26. The molecule has 8 nitrogen and oxygen atoms in total. The molecule has 0 unspecified atom stereocenters. The van der Waals surface area contributed by atoms with Crippen molar-refractivity contribution >= 4 is 50.9 Å². The maximum atomic E-state index is 17.2. The van der Waals surface area contributed by atoms with Crippen molar-refractivity contribution in [2.24, 2.45) is 11.8 Å². The molecule has 1 amide bonds. The second-order valence-electron chi connectivity index (χ2n) is 14.6. The molecule has 260 valence electrons. The minimum Gasteiger partial charge on any atom is -0.487 e. The molecule has 0 radical (unpaired) electrons. The molecule has 3 saturated heterocycles. The minimum atomic E-state index is -0.481. The highest BCUT2D eigenvalue weighted by atomic mass is 35.5. The number of nitriles is 1. The van der Waals surface area contributed by atoms with Gasteiger partial charge in [0.1, 0.15) is 17.4 Å². The van der Waals surface area contributed by atoms with Crippen molar-refractivity contribution in [1.82, 2.24) is 24.8 Å². The molecule has 3 aromatic heterocycles. The van der Waals surface area contributed by atoms with E-state index in [1.807, 2.05) is 36.9 Å². The van der Waals surface area contributed by atoms with Crippen LogP contribution in [-0.4, -0.2) is 50.6 Å². The summed E-state index contributed by atoms with van der Waals surface area (Å²) >= 11 is 13.1. The van der Waals surface area contributed by atoms with Crippen LogP contribution in [0.5, 0.6) is 5.75 Å². The number of likely N-dealkylation sites (tertiary alicyclic amines) is 1. The number of pyridine rings is 2.